The normalized spacial score (nSPS) is 15.3. The standard InChI is InChI=1S/C33H34FN7O4/c1-20-8-6-9-21-15-16-35-30(28(20)21)40(23-10-7-17-39(19-23)32(43)45-33(2,3)4)31(42)24-12-11-22(18-25(24)34)41-29-26(37-38-41)13-14-27(36-29)44-5/h6,8-9,11-16,18,23H,7,10,17,19H2,1-5H3/t23-/m1/s1. The molecule has 232 valence electrons. The molecule has 1 atom stereocenters. The Labute approximate surface area is 259 Å². The van der Waals surface area contributed by atoms with Crippen LogP contribution in [-0.2, 0) is 4.74 Å². The van der Waals surface area contributed by atoms with Crippen LogP contribution in [0.3, 0.4) is 0 Å². The minimum Gasteiger partial charge on any atom is -0.481 e. The van der Waals surface area contributed by atoms with E-state index in [0.717, 1.165) is 16.3 Å². The number of likely N-dealkylation sites (tertiary alicyclic amines) is 1. The molecule has 0 saturated carbocycles. The zero-order chi connectivity index (χ0) is 31.9. The first-order chi connectivity index (χ1) is 21.5. The number of rotatable bonds is 5. The number of carbonyl (C=O) groups excluding carboxylic acids is 2. The van der Waals surface area contributed by atoms with Gasteiger partial charge in [0, 0.05) is 36.8 Å². The number of hydrogen-bond acceptors (Lipinski definition) is 8. The molecule has 45 heavy (non-hydrogen) atoms. The summed E-state index contributed by atoms with van der Waals surface area (Å²) in [7, 11) is 1.50. The molecule has 6 rings (SSSR count). The van der Waals surface area contributed by atoms with Gasteiger partial charge in [-0.1, -0.05) is 23.4 Å². The average Bonchev–Trinajstić information content (AvgIpc) is 3.44. The van der Waals surface area contributed by atoms with Crippen LogP contribution in [0.1, 0.15) is 49.5 Å². The van der Waals surface area contributed by atoms with Crippen molar-refractivity contribution in [3.05, 3.63) is 77.7 Å². The smallest absolute Gasteiger partial charge is 0.410 e. The molecule has 11 nitrogen and oxygen atoms in total. The third-order valence-electron chi connectivity index (χ3n) is 7.75. The molecule has 1 fully saturated rings. The van der Waals surface area contributed by atoms with Crippen LogP contribution in [0.2, 0.25) is 0 Å². The van der Waals surface area contributed by atoms with Crippen LogP contribution in [0.4, 0.5) is 15.0 Å². The minimum atomic E-state index is -0.745. The third kappa shape index (κ3) is 5.87. The Hall–Kier alpha value is -5.13. The van der Waals surface area contributed by atoms with E-state index >= 15 is 4.39 Å². The molecule has 1 aliphatic heterocycles. The quantitative estimate of drug-likeness (QED) is 0.243. The summed E-state index contributed by atoms with van der Waals surface area (Å²) in [4.78, 5) is 39.7. The highest BCUT2D eigenvalue weighted by Gasteiger charge is 2.36. The average molecular weight is 612 g/mol. The Morgan fingerprint density at radius 3 is 2.67 bits per heavy atom. The van der Waals surface area contributed by atoms with E-state index in [0.29, 0.717) is 47.9 Å². The Balaban J connectivity index is 1.41. The summed E-state index contributed by atoms with van der Waals surface area (Å²) < 4.78 is 28.3. The second kappa shape index (κ2) is 11.8. The van der Waals surface area contributed by atoms with Gasteiger partial charge in [0.15, 0.2) is 5.65 Å². The topological polar surface area (TPSA) is 116 Å². The molecule has 1 saturated heterocycles. The number of anilines is 1. The molecule has 5 aromatic rings. The molecular weight excluding hydrogens is 577 g/mol. The van der Waals surface area contributed by atoms with Gasteiger partial charge in [0.2, 0.25) is 5.88 Å². The summed E-state index contributed by atoms with van der Waals surface area (Å²) >= 11 is 0. The van der Waals surface area contributed by atoms with Gasteiger partial charge in [0.1, 0.15) is 22.8 Å². The van der Waals surface area contributed by atoms with Crippen molar-refractivity contribution in [2.24, 2.45) is 0 Å². The zero-order valence-corrected chi connectivity index (χ0v) is 25.8. The number of halogens is 1. The Kier molecular flexibility index (Phi) is 7.81. The number of hydrogen-bond donors (Lipinski definition) is 0. The SMILES string of the molecule is COc1ccc2nnn(-c3ccc(C(=O)N(c4nccc5cccc(C)c45)[C@@H]4CCCN(C(=O)OC(C)(C)C)C4)c(F)c3)c2n1. The maximum Gasteiger partial charge on any atom is 0.410 e. The van der Waals surface area contributed by atoms with Gasteiger partial charge in [-0.2, -0.15) is 9.67 Å². The summed E-state index contributed by atoms with van der Waals surface area (Å²) in [5.74, 6) is -0.541. The largest absolute Gasteiger partial charge is 0.481 e. The summed E-state index contributed by atoms with van der Waals surface area (Å²) in [6, 6.07) is 14.9. The van der Waals surface area contributed by atoms with Crippen molar-refractivity contribution in [2.75, 3.05) is 25.1 Å². The minimum absolute atomic E-state index is 0.143. The molecule has 0 aliphatic carbocycles. The zero-order valence-electron chi connectivity index (χ0n) is 25.8. The number of aromatic nitrogens is 5. The van der Waals surface area contributed by atoms with Gasteiger partial charge < -0.3 is 14.4 Å². The van der Waals surface area contributed by atoms with Crippen LogP contribution >= 0.6 is 0 Å². The van der Waals surface area contributed by atoms with Gasteiger partial charge >= 0.3 is 6.09 Å². The maximum atomic E-state index is 16.0. The second-order valence-electron chi connectivity index (χ2n) is 12.1. The number of fused-ring (bicyclic) bond motifs is 2. The molecular formula is C33H34FN7O4. The first kappa shape index (κ1) is 29.9. The van der Waals surface area contributed by atoms with Crippen LogP contribution in [0, 0.1) is 12.7 Å². The molecule has 0 spiro atoms. The molecule has 0 radical (unpaired) electrons. The van der Waals surface area contributed by atoms with E-state index in [9.17, 15) is 9.59 Å². The third-order valence-corrected chi connectivity index (χ3v) is 7.75. The molecule has 12 heteroatoms. The number of methoxy groups -OCH3 is 1. The summed E-state index contributed by atoms with van der Waals surface area (Å²) in [6.45, 7) is 8.08. The number of pyridine rings is 2. The van der Waals surface area contributed by atoms with Gasteiger partial charge in [-0.05, 0) is 75.8 Å². The predicted molar refractivity (Wildman–Crippen MR) is 167 cm³/mol. The number of ether oxygens (including phenoxy) is 2. The lowest BCUT2D eigenvalue weighted by molar-refractivity contribution is 0.0196. The molecule has 0 bridgehead atoms. The number of aryl methyl sites for hydroxylation is 1. The number of carbonyl (C=O) groups is 2. The van der Waals surface area contributed by atoms with Gasteiger partial charge in [0.05, 0.1) is 24.4 Å². The van der Waals surface area contributed by atoms with Gasteiger partial charge in [-0.15, -0.1) is 5.10 Å². The van der Waals surface area contributed by atoms with Crippen molar-refractivity contribution < 1.29 is 23.5 Å². The number of benzene rings is 2. The Morgan fingerprint density at radius 2 is 1.91 bits per heavy atom. The fraction of sp³-hybridized carbons (Fsp3) is 0.333. The van der Waals surface area contributed by atoms with Gasteiger partial charge in [0.25, 0.3) is 5.91 Å². The summed E-state index contributed by atoms with van der Waals surface area (Å²) in [5, 5.41) is 9.93. The van der Waals surface area contributed by atoms with Gasteiger partial charge in [-0.3, -0.25) is 9.69 Å². The van der Waals surface area contributed by atoms with E-state index in [-0.39, 0.29) is 12.1 Å². The van der Waals surface area contributed by atoms with E-state index < -0.39 is 29.5 Å². The lowest BCUT2D eigenvalue weighted by Gasteiger charge is -2.39. The van der Waals surface area contributed by atoms with Crippen LogP contribution < -0.4 is 9.64 Å². The summed E-state index contributed by atoms with van der Waals surface area (Å²) in [6.07, 6.45) is 2.41. The monoisotopic (exact) mass is 611 g/mol. The van der Waals surface area contributed by atoms with Crippen molar-refractivity contribution >= 4 is 39.8 Å². The highest BCUT2D eigenvalue weighted by Crippen LogP contribution is 2.33. The summed E-state index contributed by atoms with van der Waals surface area (Å²) in [5.41, 5.74) is 1.34. The first-order valence-electron chi connectivity index (χ1n) is 14.8. The van der Waals surface area contributed by atoms with E-state index in [4.69, 9.17) is 9.47 Å². The molecule has 0 unspecified atom stereocenters. The highest BCUT2D eigenvalue weighted by molar-refractivity contribution is 6.11. The number of amides is 2. The van der Waals surface area contributed by atoms with Crippen LogP contribution in [0.5, 0.6) is 5.88 Å². The van der Waals surface area contributed by atoms with E-state index in [2.05, 4.69) is 20.3 Å². The van der Waals surface area contributed by atoms with E-state index in [1.54, 1.807) is 34.2 Å². The van der Waals surface area contributed by atoms with E-state index in [1.165, 1.54) is 23.9 Å². The van der Waals surface area contributed by atoms with Crippen molar-refractivity contribution in [3.63, 3.8) is 0 Å². The fourth-order valence-corrected chi connectivity index (χ4v) is 5.68. The molecule has 1 aliphatic rings. The predicted octanol–water partition coefficient (Wildman–Crippen LogP) is 5.87. The van der Waals surface area contributed by atoms with Crippen LogP contribution in [0.15, 0.2) is 60.8 Å². The lowest BCUT2D eigenvalue weighted by Crippen LogP contribution is -2.53. The second-order valence-corrected chi connectivity index (χ2v) is 12.1. The first-order valence-corrected chi connectivity index (χ1v) is 14.8. The number of piperidine rings is 1. The van der Waals surface area contributed by atoms with Crippen molar-refractivity contribution in [1.29, 1.82) is 0 Å². The van der Waals surface area contributed by atoms with Crippen LogP contribution in [0.25, 0.3) is 27.6 Å². The fourth-order valence-electron chi connectivity index (χ4n) is 5.68. The highest BCUT2D eigenvalue weighted by atomic mass is 19.1. The van der Waals surface area contributed by atoms with E-state index in [1.807, 2.05) is 52.0 Å². The van der Waals surface area contributed by atoms with Crippen molar-refractivity contribution in [3.8, 4) is 11.6 Å². The maximum absolute atomic E-state index is 16.0. The van der Waals surface area contributed by atoms with Crippen molar-refractivity contribution in [1.82, 2.24) is 29.9 Å². The van der Waals surface area contributed by atoms with Crippen LogP contribution in [-0.4, -0.2) is 73.7 Å². The molecule has 3 aromatic heterocycles. The molecule has 2 aromatic carbocycles. The lowest BCUT2D eigenvalue weighted by atomic mass is 10.00. The Bertz CT molecular complexity index is 1910. The Morgan fingerprint density at radius 1 is 1.09 bits per heavy atom. The molecule has 4 heterocycles. The van der Waals surface area contributed by atoms with Gasteiger partial charge in [-0.25, -0.2) is 14.2 Å². The number of nitrogens with zero attached hydrogens (tertiary/aromatic N) is 7. The van der Waals surface area contributed by atoms with Crippen molar-refractivity contribution in [2.45, 2.75) is 52.2 Å². The molecule has 2 amide bonds. The molecule has 0 N–H and O–H groups in total.